The van der Waals surface area contributed by atoms with Gasteiger partial charge >= 0.3 is 0 Å². The summed E-state index contributed by atoms with van der Waals surface area (Å²) in [7, 11) is 0. The van der Waals surface area contributed by atoms with Gasteiger partial charge in [-0.25, -0.2) is 0 Å². The molecule has 2 aliphatic rings. The van der Waals surface area contributed by atoms with Crippen LogP contribution in [0, 0.1) is 0 Å². The van der Waals surface area contributed by atoms with Gasteiger partial charge < -0.3 is 15.4 Å². The lowest BCUT2D eigenvalue weighted by Crippen LogP contribution is -2.35. The van der Waals surface area contributed by atoms with Crippen molar-refractivity contribution in [3.63, 3.8) is 0 Å². The molecule has 2 fully saturated rings. The highest BCUT2D eigenvalue weighted by atomic mass is 16.5. The van der Waals surface area contributed by atoms with Gasteiger partial charge in [-0.2, -0.15) is 0 Å². The second-order valence-electron chi connectivity index (χ2n) is 5.75. The van der Waals surface area contributed by atoms with E-state index in [-0.39, 0.29) is 0 Å². The third kappa shape index (κ3) is 2.57. The van der Waals surface area contributed by atoms with E-state index in [1.165, 1.54) is 32.4 Å². The van der Waals surface area contributed by atoms with Gasteiger partial charge in [-0.15, -0.1) is 0 Å². The van der Waals surface area contributed by atoms with Gasteiger partial charge in [0.1, 0.15) is 5.75 Å². The smallest absolute Gasteiger partial charge is 0.144 e. The van der Waals surface area contributed by atoms with Crippen LogP contribution in [0.4, 0.5) is 11.4 Å². The standard InChI is InChI=1S/C16H25N3O/c1-2-20-15-7-5-6-14(16(15)17)19-11-8-13(12-19)18-9-3-4-10-18/h5-7,13H,2-4,8-12,17H2,1H3. The van der Waals surface area contributed by atoms with E-state index in [4.69, 9.17) is 10.5 Å². The molecule has 0 amide bonds. The van der Waals surface area contributed by atoms with E-state index < -0.39 is 0 Å². The Morgan fingerprint density at radius 1 is 1.25 bits per heavy atom. The largest absolute Gasteiger partial charge is 0.492 e. The Balaban J connectivity index is 1.72. The molecule has 1 atom stereocenters. The van der Waals surface area contributed by atoms with Crippen LogP contribution in [-0.4, -0.2) is 43.7 Å². The highest BCUT2D eigenvalue weighted by Crippen LogP contribution is 2.35. The average molecular weight is 275 g/mol. The van der Waals surface area contributed by atoms with Crippen LogP contribution in [0.25, 0.3) is 0 Å². The summed E-state index contributed by atoms with van der Waals surface area (Å²) in [5.41, 5.74) is 8.19. The number of ether oxygens (including phenoxy) is 1. The second kappa shape index (κ2) is 5.92. The number of benzene rings is 1. The fourth-order valence-corrected chi connectivity index (χ4v) is 3.45. The Kier molecular flexibility index (Phi) is 4.01. The maximum atomic E-state index is 6.27. The quantitative estimate of drug-likeness (QED) is 0.856. The van der Waals surface area contributed by atoms with Crippen LogP contribution >= 0.6 is 0 Å². The number of rotatable bonds is 4. The third-order valence-electron chi connectivity index (χ3n) is 4.50. The van der Waals surface area contributed by atoms with Crippen molar-refractivity contribution in [3.05, 3.63) is 18.2 Å². The average Bonchev–Trinajstić information content (AvgIpc) is 3.11. The summed E-state index contributed by atoms with van der Waals surface area (Å²) >= 11 is 0. The minimum atomic E-state index is 0.657. The van der Waals surface area contributed by atoms with Crippen LogP contribution in [0.5, 0.6) is 5.75 Å². The zero-order valence-electron chi connectivity index (χ0n) is 12.3. The number of para-hydroxylation sites is 1. The van der Waals surface area contributed by atoms with Crippen molar-refractivity contribution in [1.29, 1.82) is 0 Å². The number of likely N-dealkylation sites (tertiary alicyclic amines) is 1. The zero-order chi connectivity index (χ0) is 13.9. The first-order chi connectivity index (χ1) is 9.79. The van der Waals surface area contributed by atoms with Crippen LogP contribution < -0.4 is 15.4 Å². The van der Waals surface area contributed by atoms with Gasteiger partial charge in [0.05, 0.1) is 18.0 Å². The van der Waals surface area contributed by atoms with E-state index in [9.17, 15) is 0 Å². The fourth-order valence-electron chi connectivity index (χ4n) is 3.45. The van der Waals surface area contributed by atoms with Crippen molar-refractivity contribution < 1.29 is 4.74 Å². The molecule has 4 heteroatoms. The van der Waals surface area contributed by atoms with Crippen molar-refractivity contribution in [2.45, 2.75) is 32.2 Å². The molecule has 3 rings (SSSR count). The minimum Gasteiger partial charge on any atom is -0.492 e. The number of nitrogen functional groups attached to an aromatic ring is 1. The van der Waals surface area contributed by atoms with Crippen LogP contribution in [0.3, 0.4) is 0 Å². The summed E-state index contributed by atoms with van der Waals surface area (Å²) in [6.45, 7) is 7.39. The molecule has 20 heavy (non-hydrogen) atoms. The molecule has 1 aromatic rings. The number of anilines is 2. The summed E-state index contributed by atoms with van der Waals surface area (Å²) in [5.74, 6) is 0.814. The van der Waals surface area contributed by atoms with Gasteiger partial charge in [0.25, 0.3) is 0 Å². The Hall–Kier alpha value is -1.42. The lowest BCUT2D eigenvalue weighted by atomic mass is 10.2. The van der Waals surface area contributed by atoms with Gasteiger partial charge in [-0.05, 0) is 51.4 Å². The topological polar surface area (TPSA) is 41.7 Å². The van der Waals surface area contributed by atoms with E-state index in [0.29, 0.717) is 12.6 Å². The highest BCUT2D eigenvalue weighted by molar-refractivity contribution is 5.74. The normalized spacial score (nSPS) is 23.4. The summed E-state index contributed by atoms with van der Waals surface area (Å²) in [5, 5.41) is 0. The van der Waals surface area contributed by atoms with Crippen molar-refractivity contribution in [3.8, 4) is 5.75 Å². The van der Waals surface area contributed by atoms with Crippen LogP contribution in [0.2, 0.25) is 0 Å². The number of nitrogens with zero attached hydrogens (tertiary/aromatic N) is 2. The first-order valence-electron chi connectivity index (χ1n) is 7.80. The first kappa shape index (κ1) is 13.6. The van der Waals surface area contributed by atoms with Gasteiger partial charge in [-0.1, -0.05) is 6.07 Å². The van der Waals surface area contributed by atoms with Crippen LogP contribution in [-0.2, 0) is 0 Å². The molecule has 0 aliphatic carbocycles. The Labute approximate surface area is 121 Å². The second-order valence-corrected chi connectivity index (χ2v) is 5.75. The molecule has 2 aliphatic heterocycles. The van der Waals surface area contributed by atoms with Crippen molar-refractivity contribution >= 4 is 11.4 Å². The molecule has 2 heterocycles. The molecule has 0 radical (unpaired) electrons. The molecule has 1 unspecified atom stereocenters. The summed E-state index contributed by atoms with van der Waals surface area (Å²) < 4.78 is 5.60. The van der Waals surface area contributed by atoms with Gasteiger partial charge in [0.2, 0.25) is 0 Å². The van der Waals surface area contributed by atoms with Crippen molar-refractivity contribution in [2.24, 2.45) is 0 Å². The summed E-state index contributed by atoms with van der Waals surface area (Å²) in [6, 6.07) is 6.81. The number of hydrogen-bond donors (Lipinski definition) is 1. The molecule has 1 aromatic carbocycles. The molecule has 2 saturated heterocycles. The lowest BCUT2D eigenvalue weighted by molar-refractivity contribution is 0.260. The minimum absolute atomic E-state index is 0.657. The molecule has 0 spiro atoms. The van der Waals surface area contributed by atoms with Crippen LogP contribution in [0.15, 0.2) is 18.2 Å². The van der Waals surface area contributed by atoms with Crippen LogP contribution in [0.1, 0.15) is 26.2 Å². The highest BCUT2D eigenvalue weighted by Gasteiger charge is 2.30. The predicted molar refractivity (Wildman–Crippen MR) is 83.4 cm³/mol. The summed E-state index contributed by atoms with van der Waals surface area (Å²) in [4.78, 5) is 5.06. The summed E-state index contributed by atoms with van der Waals surface area (Å²) in [6.07, 6.45) is 3.97. The first-order valence-corrected chi connectivity index (χ1v) is 7.80. The third-order valence-corrected chi connectivity index (χ3v) is 4.50. The molecule has 0 aromatic heterocycles. The monoisotopic (exact) mass is 275 g/mol. The molecule has 110 valence electrons. The molecule has 0 bridgehead atoms. The van der Waals surface area contributed by atoms with E-state index in [1.54, 1.807) is 0 Å². The van der Waals surface area contributed by atoms with Gasteiger partial charge in [-0.3, -0.25) is 4.90 Å². The maximum Gasteiger partial charge on any atom is 0.144 e. The Morgan fingerprint density at radius 3 is 2.80 bits per heavy atom. The van der Waals surface area contributed by atoms with E-state index in [0.717, 1.165) is 30.2 Å². The van der Waals surface area contributed by atoms with Gasteiger partial charge in [0.15, 0.2) is 0 Å². The zero-order valence-corrected chi connectivity index (χ0v) is 12.3. The van der Waals surface area contributed by atoms with Gasteiger partial charge in [0, 0.05) is 19.1 Å². The predicted octanol–water partition coefficient (Wildman–Crippen LogP) is 2.34. The Morgan fingerprint density at radius 2 is 2.05 bits per heavy atom. The van der Waals surface area contributed by atoms with E-state index in [1.807, 2.05) is 19.1 Å². The molecular formula is C16H25N3O. The molecular weight excluding hydrogens is 250 g/mol. The molecule has 0 saturated carbocycles. The van der Waals surface area contributed by atoms with E-state index >= 15 is 0 Å². The lowest BCUT2D eigenvalue weighted by Gasteiger charge is -2.25. The maximum absolute atomic E-state index is 6.27. The SMILES string of the molecule is CCOc1cccc(N2CCC(N3CCCC3)C2)c1N. The van der Waals surface area contributed by atoms with Crippen molar-refractivity contribution in [1.82, 2.24) is 4.90 Å². The molecule has 4 nitrogen and oxygen atoms in total. The van der Waals surface area contributed by atoms with E-state index in [2.05, 4.69) is 15.9 Å². The van der Waals surface area contributed by atoms with Crippen molar-refractivity contribution in [2.75, 3.05) is 43.4 Å². The number of nitrogens with two attached hydrogens (primary N) is 1. The fraction of sp³-hybridized carbons (Fsp3) is 0.625. The number of hydrogen-bond acceptors (Lipinski definition) is 4. The molecule has 2 N–H and O–H groups in total. The Bertz CT molecular complexity index is 457.